The highest BCUT2D eigenvalue weighted by Gasteiger charge is 2.36. The largest absolute Gasteiger partial charge is 0.481 e. The molecule has 2 aromatic carbocycles. The number of carboxylic acids is 2. The molecular formula is C16H12N2O5. The molecule has 0 aliphatic rings. The van der Waals surface area contributed by atoms with Crippen molar-refractivity contribution in [1.82, 2.24) is 10.3 Å². The maximum atomic E-state index is 11.8. The summed E-state index contributed by atoms with van der Waals surface area (Å²) in [4.78, 5) is 23.5. The van der Waals surface area contributed by atoms with Gasteiger partial charge in [0.2, 0.25) is 0 Å². The number of carbonyl (C=O) groups is 2. The average molecular weight is 312 g/mol. The maximum absolute atomic E-state index is 11.8. The highest BCUT2D eigenvalue weighted by molar-refractivity contribution is 5.89. The molecule has 0 aliphatic heterocycles. The molecule has 3 aromatic rings. The molecule has 0 saturated heterocycles. The fourth-order valence-electron chi connectivity index (χ4n) is 2.61. The fraction of sp³-hybridized carbons (Fsp3) is 0.125. The molecule has 3 rings (SSSR count). The third-order valence-electron chi connectivity index (χ3n) is 3.66. The first-order chi connectivity index (χ1) is 11.1. The van der Waals surface area contributed by atoms with Gasteiger partial charge in [0.1, 0.15) is 11.0 Å². The highest BCUT2D eigenvalue weighted by Crippen LogP contribution is 2.34. The Labute approximate surface area is 130 Å². The summed E-state index contributed by atoms with van der Waals surface area (Å²) in [5.41, 5.74) is 1.61. The van der Waals surface area contributed by atoms with Gasteiger partial charge in [0.25, 0.3) is 0 Å². The van der Waals surface area contributed by atoms with E-state index in [1.165, 1.54) is 12.1 Å². The molecule has 0 saturated carbocycles. The molecule has 1 heterocycles. The number of fused-ring (bicyclic) bond motifs is 1. The number of aliphatic carboxylic acids is 2. The first kappa shape index (κ1) is 14.7. The third-order valence-corrected chi connectivity index (χ3v) is 3.66. The van der Waals surface area contributed by atoms with Crippen molar-refractivity contribution in [2.75, 3.05) is 0 Å². The van der Waals surface area contributed by atoms with E-state index in [0.717, 1.165) is 0 Å². The first-order valence-corrected chi connectivity index (χ1v) is 6.80. The summed E-state index contributed by atoms with van der Waals surface area (Å²) < 4.78 is 4.59. The summed E-state index contributed by atoms with van der Waals surface area (Å²) in [5, 5.41) is 26.5. The van der Waals surface area contributed by atoms with E-state index in [9.17, 15) is 19.8 Å². The number of aromatic nitrogens is 2. The fourth-order valence-corrected chi connectivity index (χ4v) is 2.61. The van der Waals surface area contributed by atoms with Crippen LogP contribution in [0.1, 0.15) is 23.0 Å². The van der Waals surface area contributed by atoms with Gasteiger partial charge in [-0.3, -0.25) is 9.59 Å². The van der Waals surface area contributed by atoms with Crippen LogP contribution >= 0.6 is 0 Å². The minimum atomic E-state index is -1.25. The van der Waals surface area contributed by atoms with E-state index < -0.39 is 23.8 Å². The van der Waals surface area contributed by atoms with Crippen molar-refractivity contribution in [3.05, 3.63) is 59.7 Å². The molecule has 23 heavy (non-hydrogen) atoms. The lowest BCUT2D eigenvalue weighted by Crippen LogP contribution is -2.26. The van der Waals surface area contributed by atoms with E-state index in [1.54, 1.807) is 36.4 Å². The summed E-state index contributed by atoms with van der Waals surface area (Å²) in [6.07, 6.45) is 0. The minimum absolute atomic E-state index is 0.331. The second kappa shape index (κ2) is 5.88. The summed E-state index contributed by atoms with van der Waals surface area (Å²) in [5.74, 6) is -4.90. The van der Waals surface area contributed by atoms with Crippen molar-refractivity contribution >= 4 is 23.0 Å². The predicted octanol–water partition coefficient (Wildman–Crippen LogP) is 2.26. The van der Waals surface area contributed by atoms with E-state index in [0.29, 0.717) is 22.2 Å². The molecule has 2 atom stereocenters. The van der Waals surface area contributed by atoms with Gasteiger partial charge in [0.05, 0.1) is 11.8 Å². The Bertz CT molecular complexity index is 859. The van der Waals surface area contributed by atoms with Gasteiger partial charge in [-0.15, -0.1) is 0 Å². The van der Waals surface area contributed by atoms with E-state index in [2.05, 4.69) is 14.9 Å². The van der Waals surface area contributed by atoms with Crippen LogP contribution < -0.4 is 0 Å². The molecule has 0 radical (unpaired) electrons. The van der Waals surface area contributed by atoms with Crippen molar-refractivity contribution in [3.63, 3.8) is 0 Å². The quantitative estimate of drug-likeness (QED) is 0.742. The second-order valence-corrected chi connectivity index (χ2v) is 5.05. The van der Waals surface area contributed by atoms with Gasteiger partial charge in [-0.1, -0.05) is 36.4 Å². The summed E-state index contributed by atoms with van der Waals surface area (Å²) in [6.45, 7) is 0. The first-order valence-electron chi connectivity index (χ1n) is 6.80. The SMILES string of the molecule is O=C(O)C(c1ccccc1)C(C(=O)O)c1ccc2nonc2c1. The smallest absolute Gasteiger partial charge is 0.312 e. The zero-order valence-electron chi connectivity index (χ0n) is 11.8. The third kappa shape index (κ3) is 2.76. The average Bonchev–Trinajstić information content (AvgIpc) is 3.00. The molecule has 0 fully saturated rings. The number of nitrogens with zero attached hydrogens (tertiary/aromatic N) is 2. The number of rotatable bonds is 5. The van der Waals surface area contributed by atoms with E-state index in [4.69, 9.17) is 0 Å². The molecule has 0 bridgehead atoms. The monoisotopic (exact) mass is 312 g/mol. The summed E-state index contributed by atoms with van der Waals surface area (Å²) in [6, 6.07) is 12.9. The van der Waals surface area contributed by atoms with Gasteiger partial charge in [0, 0.05) is 0 Å². The molecule has 7 heteroatoms. The van der Waals surface area contributed by atoms with E-state index >= 15 is 0 Å². The van der Waals surface area contributed by atoms with Crippen LogP contribution in [0.3, 0.4) is 0 Å². The van der Waals surface area contributed by atoms with Crippen molar-refractivity contribution in [3.8, 4) is 0 Å². The lowest BCUT2D eigenvalue weighted by molar-refractivity contribution is -0.147. The summed E-state index contributed by atoms with van der Waals surface area (Å²) in [7, 11) is 0. The number of carboxylic acid groups (broad SMARTS) is 2. The van der Waals surface area contributed by atoms with Crippen molar-refractivity contribution in [2.45, 2.75) is 11.8 Å². The molecule has 116 valence electrons. The Morgan fingerprint density at radius 1 is 0.826 bits per heavy atom. The Morgan fingerprint density at radius 2 is 1.43 bits per heavy atom. The van der Waals surface area contributed by atoms with Crippen LogP contribution in [0.2, 0.25) is 0 Å². The van der Waals surface area contributed by atoms with Crippen molar-refractivity contribution in [2.24, 2.45) is 0 Å². The number of benzene rings is 2. The van der Waals surface area contributed by atoms with Crippen LogP contribution in [0.25, 0.3) is 11.0 Å². The minimum Gasteiger partial charge on any atom is -0.481 e. The van der Waals surface area contributed by atoms with Gasteiger partial charge in [-0.25, -0.2) is 4.63 Å². The van der Waals surface area contributed by atoms with Crippen LogP contribution in [0, 0.1) is 0 Å². The molecule has 0 aliphatic carbocycles. The Kier molecular flexibility index (Phi) is 3.76. The topological polar surface area (TPSA) is 114 Å². The lowest BCUT2D eigenvalue weighted by atomic mass is 9.81. The van der Waals surface area contributed by atoms with Gasteiger partial charge in [-0.2, -0.15) is 0 Å². The van der Waals surface area contributed by atoms with Crippen LogP contribution in [-0.2, 0) is 9.59 Å². The molecular weight excluding hydrogens is 300 g/mol. The van der Waals surface area contributed by atoms with Gasteiger partial charge < -0.3 is 10.2 Å². The molecule has 0 amide bonds. The van der Waals surface area contributed by atoms with Crippen LogP contribution in [0.15, 0.2) is 53.2 Å². The van der Waals surface area contributed by atoms with Crippen LogP contribution in [0.5, 0.6) is 0 Å². The van der Waals surface area contributed by atoms with Gasteiger partial charge in [-0.05, 0) is 33.6 Å². The van der Waals surface area contributed by atoms with Crippen molar-refractivity contribution < 1.29 is 24.4 Å². The molecule has 2 unspecified atom stereocenters. The zero-order valence-corrected chi connectivity index (χ0v) is 11.8. The standard InChI is InChI=1S/C16H12N2O5/c19-15(20)13(9-4-2-1-3-5-9)14(16(21)22)10-6-7-11-12(8-10)18-23-17-11/h1-8,13-14H,(H,19,20)(H,21,22). The Balaban J connectivity index is 2.12. The Morgan fingerprint density at radius 3 is 2.09 bits per heavy atom. The number of hydrogen-bond acceptors (Lipinski definition) is 5. The van der Waals surface area contributed by atoms with Crippen molar-refractivity contribution in [1.29, 1.82) is 0 Å². The van der Waals surface area contributed by atoms with Crippen LogP contribution in [-0.4, -0.2) is 32.5 Å². The van der Waals surface area contributed by atoms with Gasteiger partial charge in [0.15, 0.2) is 0 Å². The van der Waals surface area contributed by atoms with E-state index in [-0.39, 0.29) is 0 Å². The normalized spacial score (nSPS) is 13.6. The predicted molar refractivity (Wildman–Crippen MR) is 79.0 cm³/mol. The highest BCUT2D eigenvalue weighted by atomic mass is 16.6. The van der Waals surface area contributed by atoms with E-state index in [1.807, 2.05) is 0 Å². The maximum Gasteiger partial charge on any atom is 0.312 e. The molecule has 2 N–H and O–H groups in total. The van der Waals surface area contributed by atoms with Crippen LogP contribution in [0.4, 0.5) is 0 Å². The lowest BCUT2D eigenvalue weighted by Gasteiger charge is -2.21. The second-order valence-electron chi connectivity index (χ2n) is 5.05. The molecule has 1 aromatic heterocycles. The number of hydrogen-bond donors (Lipinski definition) is 2. The van der Waals surface area contributed by atoms with Gasteiger partial charge >= 0.3 is 11.9 Å². The zero-order chi connectivity index (χ0) is 16.4. The summed E-state index contributed by atoms with van der Waals surface area (Å²) >= 11 is 0. The molecule has 0 spiro atoms. The Hall–Kier alpha value is -3.22. The molecule has 7 nitrogen and oxygen atoms in total.